The Hall–Kier alpha value is -2.04. The predicted molar refractivity (Wildman–Crippen MR) is 60.9 cm³/mol. The summed E-state index contributed by atoms with van der Waals surface area (Å²) in [7, 11) is 0. The van der Waals surface area contributed by atoms with E-state index < -0.39 is 0 Å². The maximum Gasteiger partial charge on any atom is 0.222 e. The van der Waals surface area contributed by atoms with Gasteiger partial charge in [-0.1, -0.05) is 0 Å². The number of hydrogen-bond donors (Lipinski definition) is 1. The molecule has 0 aromatic carbocycles. The second kappa shape index (κ2) is 4.65. The lowest BCUT2D eigenvalue weighted by atomic mass is 10.4. The van der Waals surface area contributed by atoms with E-state index in [9.17, 15) is 0 Å². The minimum absolute atomic E-state index is 0.604. The third-order valence-electron chi connectivity index (χ3n) is 2.04. The lowest BCUT2D eigenvalue weighted by Gasteiger charge is -2.04. The monoisotopic (exact) mass is 215 g/mol. The molecule has 0 aliphatic heterocycles. The molecule has 2 rings (SSSR count). The van der Waals surface area contributed by atoms with Gasteiger partial charge in [0.1, 0.15) is 5.82 Å². The van der Waals surface area contributed by atoms with Crippen LogP contribution in [0.25, 0.3) is 0 Å². The average molecular weight is 215 g/mol. The summed E-state index contributed by atoms with van der Waals surface area (Å²) < 4.78 is 0. The van der Waals surface area contributed by atoms with Gasteiger partial charge in [-0.25, -0.2) is 19.9 Å². The average Bonchev–Trinajstić information content (AvgIpc) is 2.28. The Balaban J connectivity index is 1.99. The Bertz CT molecular complexity index is 466. The molecule has 2 aromatic heterocycles. The zero-order valence-corrected chi connectivity index (χ0v) is 9.31. The van der Waals surface area contributed by atoms with Crippen molar-refractivity contribution in [3.63, 3.8) is 0 Å². The number of aryl methyl sites for hydroxylation is 2. The Labute approximate surface area is 94.0 Å². The first-order valence-electron chi connectivity index (χ1n) is 5.05. The van der Waals surface area contributed by atoms with Crippen molar-refractivity contribution in [3.8, 4) is 0 Å². The minimum Gasteiger partial charge on any atom is -0.349 e. The zero-order chi connectivity index (χ0) is 11.4. The van der Waals surface area contributed by atoms with E-state index in [4.69, 9.17) is 0 Å². The molecule has 0 aliphatic rings. The van der Waals surface area contributed by atoms with Crippen LogP contribution in [0.1, 0.15) is 17.1 Å². The van der Waals surface area contributed by atoms with Crippen LogP contribution in [0.15, 0.2) is 24.7 Å². The normalized spacial score (nSPS) is 10.1. The number of aromatic nitrogens is 4. The Kier molecular flexibility index (Phi) is 3.05. The van der Waals surface area contributed by atoms with Gasteiger partial charge in [0.2, 0.25) is 5.95 Å². The smallest absolute Gasteiger partial charge is 0.222 e. The molecule has 0 aliphatic carbocycles. The fraction of sp³-hybridized carbons (Fsp3) is 0.273. The number of nitrogens with one attached hydrogen (secondary N) is 1. The SMILES string of the molecule is Cc1cnc(NCc2ccnc(C)n2)nc1. The van der Waals surface area contributed by atoms with Gasteiger partial charge in [-0.2, -0.15) is 0 Å². The lowest BCUT2D eigenvalue weighted by molar-refractivity contribution is 0.939. The van der Waals surface area contributed by atoms with Crippen LogP contribution < -0.4 is 5.32 Å². The van der Waals surface area contributed by atoms with Crippen LogP contribution in [0.5, 0.6) is 0 Å². The molecule has 2 heterocycles. The van der Waals surface area contributed by atoms with Gasteiger partial charge in [-0.05, 0) is 25.5 Å². The van der Waals surface area contributed by atoms with Crippen LogP contribution in [0.2, 0.25) is 0 Å². The highest BCUT2D eigenvalue weighted by atomic mass is 15.1. The third kappa shape index (κ3) is 2.73. The largest absolute Gasteiger partial charge is 0.349 e. The standard InChI is InChI=1S/C11H13N5/c1-8-5-13-11(14-6-8)15-7-10-3-4-12-9(2)16-10/h3-6H,7H2,1-2H3,(H,13,14,15). The fourth-order valence-corrected chi connectivity index (χ4v) is 1.26. The lowest BCUT2D eigenvalue weighted by Crippen LogP contribution is -2.05. The Morgan fingerprint density at radius 3 is 2.56 bits per heavy atom. The molecule has 0 spiro atoms. The van der Waals surface area contributed by atoms with Gasteiger partial charge >= 0.3 is 0 Å². The van der Waals surface area contributed by atoms with Crippen LogP contribution in [0.4, 0.5) is 5.95 Å². The quantitative estimate of drug-likeness (QED) is 0.840. The topological polar surface area (TPSA) is 63.6 Å². The van der Waals surface area contributed by atoms with Gasteiger partial charge in [0.25, 0.3) is 0 Å². The second-order valence-corrected chi connectivity index (χ2v) is 3.53. The summed E-state index contributed by atoms with van der Waals surface area (Å²) >= 11 is 0. The molecule has 16 heavy (non-hydrogen) atoms. The molecule has 5 nitrogen and oxygen atoms in total. The molecule has 1 N–H and O–H groups in total. The Morgan fingerprint density at radius 2 is 1.88 bits per heavy atom. The van der Waals surface area contributed by atoms with Crippen molar-refractivity contribution in [1.29, 1.82) is 0 Å². The molecule has 0 unspecified atom stereocenters. The van der Waals surface area contributed by atoms with Crippen molar-refractivity contribution in [2.24, 2.45) is 0 Å². The predicted octanol–water partition coefficient (Wildman–Crippen LogP) is 1.50. The summed E-state index contributed by atoms with van der Waals surface area (Å²) in [6.45, 7) is 4.43. The van der Waals surface area contributed by atoms with Crippen molar-refractivity contribution in [1.82, 2.24) is 19.9 Å². The van der Waals surface area contributed by atoms with Gasteiger partial charge in [0.15, 0.2) is 0 Å². The Morgan fingerprint density at radius 1 is 1.12 bits per heavy atom. The molecule has 0 bridgehead atoms. The highest BCUT2D eigenvalue weighted by Crippen LogP contribution is 2.01. The molecule has 0 saturated carbocycles. The fourth-order valence-electron chi connectivity index (χ4n) is 1.26. The van der Waals surface area contributed by atoms with Gasteiger partial charge in [0.05, 0.1) is 12.2 Å². The first-order valence-corrected chi connectivity index (χ1v) is 5.05. The van der Waals surface area contributed by atoms with Crippen LogP contribution in [-0.2, 0) is 6.54 Å². The van der Waals surface area contributed by atoms with Gasteiger partial charge < -0.3 is 5.32 Å². The van der Waals surface area contributed by atoms with Gasteiger partial charge in [-0.15, -0.1) is 0 Å². The van der Waals surface area contributed by atoms with Gasteiger partial charge in [-0.3, -0.25) is 0 Å². The number of anilines is 1. The summed E-state index contributed by atoms with van der Waals surface area (Å²) in [4.78, 5) is 16.6. The zero-order valence-electron chi connectivity index (χ0n) is 9.31. The third-order valence-corrected chi connectivity index (χ3v) is 2.04. The summed E-state index contributed by atoms with van der Waals surface area (Å²) in [6, 6.07) is 1.87. The van der Waals surface area contributed by atoms with Crippen LogP contribution in [0, 0.1) is 13.8 Å². The number of nitrogens with zero attached hydrogens (tertiary/aromatic N) is 4. The first kappa shape index (κ1) is 10.5. The summed E-state index contributed by atoms with van der Waals surface area (Å²) in [5.74, 6) is 1.38. The van der Waals surface area contributed by atoms with Crippen molar-refractivity contribution >= 4 is 5.95 Å². The number of hydrogen-bond acceptors (Lipinski definition) is 5. The van der Waals surface area contributed by atoms with Crippen LogP contribution in [0.3, 0.4) is 0 Å². The number of rotatable bonds is 3. The molecule has 0 fully saturated rings. The molecule has 0 amide bonds. The molecule has 82 valence electrons. The minimum atomic E-state index is 0.604. The molecule has 0 saturated heterocycles. The van der Waals surface area contributed by atoms with Crippen molar-refractivity contribution in [2.45, 2.75) is 20.4 Å². The highest BCUT2D eigenvalue weighted by Gasteiger charge is 1.97. The van der Waals surface area contributed by atoms with E-state index in [1.807, 2.05) is 19.9 Å². The highest BCUT2D eigenvalue weighted by molar-refractivity contribution is 5.25. The molecular weight excluding hydrogens is 202 g/mol. The second-order valence-electron chi connectivity index (χ2n) is 3.53. The van der Waals surface area contributed by atoms with E-state index in [1.54, 1.807) is 18.6 Å². The van der Waals surface area contributed by atoms with Crippen molar-refractivity contribution in [2.75, 3.05) is 5.32 Å². The molecule has 2 aromatic rings. The van der Waals surface area contributed by atoms with Crippen molar-refractivity contribution in [3.05, 3.63) is 41.7 Å². The molecule has 5 heteroatoms. The maximum absolute atomic E-state index is 4.28. The van der Waals surface area contributed by atoms with E-state index in [2.05, 4.69) is 25.3 Å². The van der Waals surface area contributed by atoms with Crippen molar-refractivity contribution < 1.29 is 0 Å². The van der Waals surface area contributed by atoms with E-state index in [1.165, 1.54) is 0 Å². The maximum atomic E-state index is 4.28. The van der Waals surface area contributed by atoms with E-state index in [-0.39, 0.29) is 0 Å². The van der Waals surface area contributed by atoms with E-state index >= 15 is 0 Å². The molecule has 0 radical (unpaired) electrons. The summed E-state index contributed by atoms with van der Waals surface area (Å²) in [5.41, 5.74) is 1.97. The van der Waals surface area contributed by atoms with E-state index in [0.29, 0.717) is 12.5 Å². The van der Waals surface area contributed by atoms with Crippen LogP contribution in [-0.4, -0.2) is 19.9 Å². The summed E-state index contributed by atoms with van der Waals surface area (Å²) in [5, 5.41) is 3.10. The first-order chi connectivity index (χ1) is 7.74. The van der Waals surface area contributed by atoms with E-state index in [0.717, 1.165) is 17.1 Å². The summed E-state index contributed by atoms with van der Waals surface area (Å²) in [6.07, 6.45) is 5.30. The molecular formula is C11H13N5. The van der Waals surface area contributed by atoms with Gasteiger partial charge in [0, 0.05) is 18.6 Å². The van der Waals surface area contributed by atoms with Crippen LogP contribution >= 0.6 is 0 Å². The molecule has 0 atom stereocenters.